The second kappa shape index (κ2) is 10.0. The summed E-state index contributed by atoms with van der Waals surface area (Å²) in [6, 6.07) is 16.0. The molecule has 0 saturated carbocycles. The average molecular weight is 446 g/mol. The van der Waals surface area contributed by atoms with Crippen molar-refractivity contribution in [3.63, 3.8) is 0 Å². The van der Waals surface area contributed by atoms with Gasteiger partial charge in [-0.05, 0) is 31.5 Å². The van der Waals surface area contributed by atoms with Crippen LogP contribution in [0.2, 0.25) is 0 Å². The molecule has 33 heavy (non-hydrogen) atoms. The molecule has 1 aliphatic heterocycles. The van der Waals surface area contributed by atoms with Crippen molar-refractivity contribution in [1.29, 1.82) is 0 Å². The maximum Gasteiger partial charge on any atom is 0.255 e. The van der Waals surface area contributed by atoms with E-state index in [1.165, 1.54) is 5.56 Å². The van der Waals surface area contributed by atoms with Crippen molar-refractivity contribution in [3.8, 4) is 16.9 Å². The molecule has 0 atom stereocenters. The Hall–Kier alpha value is -3.45. The number of aryl methyl sites for hydroxylation is 2. The van der Waals surface area contributed by atoms with Gasteiger partial charge in [0, 0.05) is 58.0 Å². The first kappa shape index (κ1) is 22.7. The Balaban J connectivity index is 1.50. The Morgan fingerprint density at radius 2 is 1.73 bits per heavy atom. The Morgan fingerprint density at radius 3 is 2.39 bits per heavy atom. The van der Waals surface area contributed by atoms with Crippen LogP contribution in [0.4, 0.5) is 0 Å². The predicted octanol–water partition coefficient (Wildman–Crippen LogP) is 3.05. The highest BCUT2D eigenvalue weighted by molar-refractivity contribution is 6.00. The fourth-order valence-corrected chi connectivity index (χ4v) is 4.24. The van der Waals surface area contributed by atoms with Crippen molar-refractivity contribution >= 4 is 11.8 Å². The molecule has 172 valence electrons. The molecule has 2 aromatic carbocycles. The first-order chi connectivity index (χ1) is 15.9. The number of hydrogen-bond acceptors (Lipinski definition) is 4. The third-order valence-corrected chi connectivity index (χ3v) is 6.15. The molecule has 0 aliphatic carbocycles. The third-order valence-electron chi connectivity index (χ3n) is 6.15. The number of hydrogen-bond donors (Lipinski definition) is 1. The van der Waals surface area contributed by atoms with E-state index in [0.717, 1.165) is 49.5 Å². The van der Waals surface area contributed by atoms with Crippen LogP contribution in [-0.4, -0.2) is 70.7 Å². The quantitative estimate of drug-likeness (QED) is 0.633. The summed E-state index contributed by atoms with van der Waals surface area (Å²) in [7, 11) is 0. The number of carbonyl (C=O) groups is 2. The van der Waals surface area contributed by atoms with Gasteiger partial charge in [-0.15, -0.1) is 0 Å². The molecular formula is C26H31N5O2. The summed E-state index contributed by atoms with van der Waals surface area (Å²) >= 11 is 0. The van der Waals surface area contributed by atoms with Crippen LogP contribution >= 0.6 is 0 Å². The number of amides is 2. The molecule has 1 aromatic heterocycles. The number of aromatic nitrogens is 2. The summed E-state index contributed by atoms with van der Waals surface area (Å²) in [6.07, 6.45) is 1.81. The summed E-state index contributed by atoms with van der Waals surface area (Å²) in [4.78, 5) is 28.9. The summed E-state index contributed by atoms with van der Waals surface area (Å²) in [6.45, 7) is 10.2. The van der Waals surface area contributed by atoms with E-state index in [4.69, 9.17) is 5.10 Å². The van der Waals surface area contributed by atoms with E-state index in [2.05, 4.69) is 23.2 Å². The van der Waals surface area contributed by atoms with Crippen LogP contribution < -0.4 is 5.32 Å². The molecule has 1 saturated heterocycles. The van der Waals surface area contributed by atoms with Crippen molar-refractivity contribution in [2.24, 2.45) is 0 Å². The minimum atomic E-state index is -0.130. The van der Waals surface area contributed by atoms with Gasteiger partial charge < -0.3 is 10.2 Å². The smallest absolute Gasteiger partial charge is 0.255 e. The Bertz CT molecular complexity index is 1130. The molecule has 2 amide bonds. The van der Waals surface area contributed by atoms with Gasteiger partial charge in [0.1, 0.15) is 5.69 Å². The number of rotatable bonds is 6. The van der Waals surface area contributed by atoms with Crippen molar-refractivity contribution in [3.05, 3.63) is 71.4 Å². The van der Waals surface area contributed by atoms with E-state index in [-0.39, 0.29) is 11.8 Å². The number of nitrogens with zero attached hydrogens (tertiary/aromatic N) is 4. The van der Waals surface area contributed by atoms with Crippen molar-refractivity contribution in [1.82, 2.24) is 24.9 Å². The minimum Gasteiger partial charge on any atom is -0.351 e. The lowest BCUT2D eigenvalue weighted by molar-refractivity contribution is -0.130. The molecule has 2 heterocycles. The van der Waals surface area contributed by atoms with Crippen LogP contribution in [0.5, 0.6) is 0 Å². The van der Waals surface area contributed by atoms with Gasteiger partial charge in [-0.2, -0.15) is 5.10 Å². The predicted molar refractivity (Wildman–Crippen MR) is 130 cm³/mol. The van der Waals surface area contributed by atoms with E-state index in [1.807, 2.05) is 60.5 Å². The lowest BCUT2D eigenvalue weighted by Gasteiger charge is -2.34. The third kappa shape index (κ3) is 5.31. The summed E-state index contributed by atoms with van der Waals surface area (Å²) in [5.74, 6) is -0.00756. The Kier molecular flexibility index (Phi) is 6.89. The monoisotopic (exact) mass is 445 g/mol. The van der Waals surface area contributed by atoms with E-state index in [9.17, 15) is 9.59 Å². The molecule has 1 aliphatic rings. The molecule has 3 aromatic rings. The SMILES string of the molecule is CC(=O)N1CCN(CCNC(=O)c2cn(-c3ccccc3)nc2-c2ccc(C)cc2C)CC1. The van der Waals surface area contributed by atoms with Gasteiger partial charge in [0.05, 0.1) is 11.3 Å². The van der Waals surface area contributed by atoms with Gasteiger partial charge in [0.15, 0.2) is 0 Å². The molecule has 0 unspecified atom stereocenters. The van der Waals surface area contributed by atoms with Gasteiger partial charge in [0.25, 0.3) is 5.91 Å². The standard InChI is InChI=1S/C26H31N5O2/c1-19-9-10-23(20(2)17-19)25-24(18-31(28-25)22-7-5-4-6-8-22)26(33)27-11-12-29-13-15-30(16-14-29)21(3)32/h4-10,17-18H,11-16H2,1-3H3,(H,27,33). The second-order valence-corrected chi connectivity index (χ2v) is 8.59. The first-order valence-electron chi connectivity index (χ1n) is 11.4. The fourth-order valence-electron chi connectivity index (χ4n) is 4.24. The molecule has 0 bridgehead atoms. The van der Waals surface area contributed by atoms with Gasteiger partial charge in [0.2, 0.25) is 5.91 Å². The molecular weight excluding hydrogens is 414 g/mol. The normalized spacial score (nSPS) is 14.3. The van der Waals surface area contributed by atoms with E-state index >= 15 is 0 Å². The Morgan fingerprint density at radius 1 is 1.00 bits per heavy atom. The molecule has 0 radical (unpaired) electrons. The van der Waals surface area contributed by atoms with Crippen molar-refractivity contribution in [2.45, 2.75) is 20.8 Å². The molecule has 7 nitrogen and oxygen atoms in total. The Labute approximate surface area is 195 Å². The lowest BCUT2D eigenvalue weighted by atomic mass is 10.0. The lowest BCUT2D eigenvalue weighted by Crippen LogP contribution is -2.49. The summed E-state index contributed by atoms with van der Waals surface area (Å²) in [5.41, 5.74) is 5.38. The fraction of sp³-hybridized carbons (Fsp3) is 0.346. The first-order valence-corrected chi connectivity index (χ1v) is 11.4. The van der Waals surface area contributed by atoms with E-state index in [0.29, 0.717) is 17.8 Å². The van der Waals surface area contributed by atoms with Crippen LogP contribution in [0.1, 0.15) is 28.4 Å². The number of piperazine rings is 1. The van der Waals surface area contributed by atoms with Gasteiger partial charge in [-0.25, -0.2) is 4.68 Å². The van der Waals surface area contributed by atoms with E-state index < -0.39 is 0 Å². The van der Waals surface area contributed by atoms with E-state index in [1.54, 1.807) is 11.6 Å². The zero-order valence-corrected chi connectivity index (χ0v) is 19.5. The van der Waals surface area contributed by atoms with Gasteiger partial charge >= 0.3 is 0 Å². The maximum absolute atomic E-state index is 13.2. The van der Waals surface area contributed by atoms with Crippen LogP contribution in [0.15, 0.2) is 54.7 Å². The summed E-state index contributed by atoms with van der Waals surface area (Å²) < 4.78 is 1.77. The van der Waals surface area contributed by atoms with Crippen molar-refractivity contribution in [2.75, 3.05) is 39.3 Å². The molecule has 1 N–H and O–H groups in total. The summed E-state index contributed by atoms with van der Waals surface area (Å²) in [5, 5.41) is 7.86. The zero-order valence-electron chi connectivity index (χ0n) is 19.5. The number of carbonyl (C=O) groups excluding carboxylic acids is 2. The van der Waals surface area contributed by atoms with Gasteiger partial charge in [-0.3, -0.25) is 14.5 Å². The van der Waals surface area contributed by atoms with Crippen molar-refractivity contribution < 1.29 is 9.59 Å². The highest BCUT2D eigenvalue weighted by atomic mass is 16.2. The molecule has 0 spiro atoms. The second-order valence-electron chi connectivity index (χ2n) is 8.59. The molecule has 1 fully saturated rings. The largest absolute Gasteiger partial charge is 0.351 e. The van der Waals surface area contributed by atoms with Crippen LogP contribution in [0, 0.1) is 13.8 Å². The van der Waals surface area contributed by atoms with Gasteiger partial charge in [-0.1, -0.05) is 42.0 Å². The number of benzene rings is 2. The average Bonchev–Trinajstić information content (AvgIpc) is 3.25. The zero-order chi connectivity index (χ0) is 23.4. The molecule has 4 rings (SSSR count). The van der Waals surface area contributed by atoms with Crippen LogP contribution in [-0.2, 0) is 4.79 Å². The number of nitrogens with one attached hydrogen (secondary N) is 1. The topological polar surface area (TPSA) is 70.5 Å². The minimum absolute atomic E-state index is 0.123. The highest BCUT2D eigenvalue weighted by Gasteiger charge is 2.21. The van der Waals surface area contributed by atoms with Crippen LogP contribution in [0.3, 0.4) is 0 Å². The number of para-hydroxylation sites is 1. The maximum atomic E-state index is 13.2. The highest BCUT2D eigenvalue weighted by Crippen LogP contribution is 2.27. The van der Waals surface area contributed by atoms with Crippen LogP contribution in [0.25, 0.3) is 16.9 Å². The molecule has 7 heteroatoms.